The normalized spacial score (nSPS) is 21.5. The third kappa shape index (κ3) is 2.24. The Morgan fingerprint density at radius 2 is 1.47 bits per heavy atom. The summed E-state index contributed by atoms with van der Waals surface area (Å²) in [6, 6.07) is 13.6. The van der Waals surface area contributed by atoms with E-state index in [1.165, 1.54) is 0 Å². The molecular formula is C15H9Br3O. The summed E-state index contributed by atoms with van der Waals surface area (Å²) in [7, 11) is 0. The molecule has 0 N–H and O–H groups in total. The van der Waals surface area contributed by atoms with E-state index in [0.717, 1.165) is 26.7 Å². The Labute approximate surface area is 136 Å². The van der Waals surface area contributed by atoms with Gasteiger partial charge in [-0.1, -0.05) is 78.1 Å². The van der Waals surface area contributed by atoms with Gasteiger partial charge in [-0.05, 0) is 23.3 Å². The second-order valence-electron chi connectivity index (χ2n) is 4.45. The molecule has 1 aliphatic carbocycles. The third-order valence-corrected chi connectivity index (χ3v) is 6.56. The molecule has 3 rings (SSSR count). The van der Waals surface area contributed by atoms with Gasteiger partial charge >= 0.3 is 0 Å². The molecule has 2 aromatic rings. The van der Waals surface area contributed by atoms with E-state index in [2.05, 4.69) is 47.8 Å². The molecule has 1 nitrogen and oxygen atoms in total. The van der Waals surface area contributed by atoms with E-state index in [4.69, 9.17) is 0 Å². The summed E-state index contributed by atoms with van der Waals surface area (Å²) in [5.41, 5.74) is 3.57. The molecule has 2 atom stereocenters. The van der Waals surface area contributed by atoms with Crippen molar-refractivity contribution in [3.8, 4) is 0 Å². The molecule has 1 aliphatic rings. The lowest BCUT2D eigenvalue weighted by molar-refractivity contribution is 0.103. The maximum absolute atomic E-state index is 12.7. The molecule has 0 aliphatic heterocycles. The van der Waals surface area contributed by atoms with Crippen molar-refractivity contribution in [2.24, 2.45) is 0 Å². The number of benzene rings is 2. The Morgan fingerprint density at radius 1 is 0.842 bits per heavy atom. The average Bonchev–Trinajstić information content (AvgIpc) is 2.51. The first-order valence-electron chi connectivity index (χ1n) is 5.81. The van der Waals surface area contributed by atoms with Crippen LogP contribution in [0, 0.1) is 0 Å². The highest BCUT2D eigenvalue weighted by Crippen LogP contribution is 2.47. The molecule has 0 fully saturated rings. The van der Waals surface area contributed by atoms with Crippen LogP contribution < -0.4 is 0 Å². The van der Waals surface area contributed by atoms with Crippen LogP contribution in [-0.4, -0.2) is 5.78 Å². The number of rotatable bonds is 0. The maximum atomic E-state index is 12.7. The minimum absolute atomic E-state index is 0.0724. The fourth-order valence-electron chi connectivity index (χ4n) is 2.37. The predicted molar refractivity (Wildman–Crippen MR) is 87.4 cm³/mol. The molecule has 0 saturated carbocycles. The van der Waals surface area contributed by atoms with Crippen molar-refractivity contribution < 1.29 is 4.79 Å². The van der Waals surface area contributed by atoms with Crippen LogP contribution in [0.5, 0.6) is 0 Å². The van der Waals surface area contributed by atoms with Crippen LogP contribution in [-0.2, 0) is 0 Å². The highest BCUT2D eigenvalue weighted by atomic mass is 79.9. The second kappa shape index (κ2) is 5.15. The van der Waals surface area contributed by atoms with E-state index in [0.29, 0.717) is 0 Å². The fourth-order valence-corrected chi connectivity index (χ4v) is 4.10. The smallest absolute Gasteiger partial charge is 0.193 e. The standard InChI is InChI=1S/C15H9Br3O/c16-8-5-6-10-12(7-8)15(19)11-4-2-1-3-9(11)13(17)14(10)18/h1-7,13-14H. The Kier molecular flexibility index (Phi) is 3.67. The zero-order valence-electron chi connectivity index (χ0n) is 9.74. The molecule has 0 radical (unpaired) electrons. The van der Waals surface area contributed by atoms with E-state index < -0.39 is 0 Å². The van der Waals surface area contributed by atoms with Crippen molar-refractivity contribution in [2.45, 2.75) is 9.65 Å². The molecule has 19 heavy (non-hydrogen) atoms. The van der Waals surface area contributed by atoms with E-state index in [-0.39, 0.29) is 15.4 Å². The summed E-state index contributed by atoms with van der Waals surface area (Å²) in [4.78, 5) is 12.9. The summed E-state index contributed by atoms with van der Waals surface area (Å²) < 4.78 is 0.921. The Hall–Kier alpha value is -0.450. The molecule has 2 unspecified atom stereocenters. The molecule has 96 valence electrons. The molecule has 0 spiro atoms. The van der Waals surface area contributed by atoms with Gasteiger partial charge in [-0.3, -0.25) is 4.79 Å². The van der Waals surface area contributed by atoms with Gasteiger partial charge in [0.1, 0.15) is 0 Å². The van der Waals surface area contributed by atoms with E-state index in [1.807, 2.05) is 42.5 Å². The van der Waals surface area contributed by atoms with Crippen molar-refractivity contribution >= 4 is 53.6 Å². The number of fused-ring (bicyclic) bond motifs is 2. The summed E-state index contributed by atoms with van der Waals surface area (Å²) in [5.74, 6) is 0.0818. The first-order valence-corrected chi connectivity index (χ1v) is 8.43. The monoisotopic (exact) mass is 442 g/mol. The zero-order valence-corrected chi connectivity index (χ0v) is 14.5. The number of carbonyl (C=O) groups is 1. The largest absolute Gasteiger partial charge is 0.289 e. The van der Waals surface area contributed by atoms with Crippen LogP contribution in [0.3, 0.4) is 0 Å². The maximum Gasteiger partial charge on any atom is 0.193 e. The predicted octanol–water partition coefficient (Wildman–Crippen LogP) is 5.57. The lowest BCUT2D eigenvalue weighted by Crippen LogP contribution is -2.04. The molecule has 2 aromatic carbocycles. The van der Waals surface area contributed by atoms with Crippen LogP contribution in [0.1, 0.15) is 36.7 Å². The van der Waals surface area contributed by atoms with Gasteiger partial charge in [0.05, 0.1) is 9.65 Å². The minimum atomic E-state index is 0.0724. The van der Waals surface area contributed by atoms with Crippen molar-refractivity contribution in [1.29, 1.82) is 0 Å². The van der Waals surface area contributed by atoms with Gasteiger partial charge in [0.25, 0.3) is 0 Å². The van der Waals surface area contributed by atoms with Gasteiger partial charge in [0.2, 0.25) is 0 Å². The number of halogens is 3. The first kappa shape index (κ1) is 13.5. The Bertz CT molecular complexity index is 666. The summed E-state index contributed by atoms with van der Waals surface area (Å²) >= 11 is 10.9. The SMILES string of the molecule is O=C1c2ccccc2C(Br)C(Br)c2ccc(Br)cc21. The van der Waals surface area contributed by atoms with Gasteiger partial charge in [0.15, 0.2) is 5.78 Å². The van der Waals surface area contributed by atoms with Gasteiger partial charge < -0.3 is 0 Å². The average molecular weight is 445 g/mol. The number of hydrogen-bond donors (Lipinski definition) is 0. The Morgan fingerprint density at radius 3 is 2.21 bits per heavy atom. The van der Waals surface area contributed by atoms with Crippen LogP contribution in [0.2, 0.25) is 0 Å². The molecule has 0 amide bonds. The first-order chi connectivity index (χ1) is 9.09. The van der Waals surface area contributed by atoms with Crippen LogP contribution in [0.15, 0.2) is 46.9 Å². The molecule has 0 aromatic heterocycles. The number of ketones is 1. The van der Waals surface area contributed by atoms with Crippen molar-refractivity contribution in [1.82, 2.24) is 0 Å². The zero-order chi connectivity index (χ0) is 13.6. The van der Waals surface area contributed by atoms with Gasteiger partial charge in [-0.25, -0.2) is 0 Å². The van der Waals surface area contributed by atoms with E-state index >= 15 is 0 Å². The van der Waals surface area contributed by atoms with E-state index in [1.54, 1.807) is 0 Å². The topological polar surface area (TPSA) is 17.1 Å². The van der Waals surface area contributed by atoms with Crippen LogP contribution >= 0.6 is 47.8 Å². The van der Waals surface area contributed by atoms with Crippen LogP contribution in [0.4, 0.5) is 0 Å². The quantitative estimate of drug-likeness (QED) is 0.486. The van der Waals surface area contributed by atoms with Crippen molar-refractivity contribution in [3.05, 3.63) is 69.2 Å². The summed E-state index contributed by atoms with van der Waals surface area (Å²) in [6.07, 6.45) is 0. The van der Waals surface area contributed by atoms with Crippen molar-refractivity contribution in [2.75, 3.05) is 0 Å². The molecule has 0 bridgehead atoms. The molecule has 0 saturated heterocycles. The highest BCUT2D eigenvalue weighted by Gasteiger charge is 2.31. The van der Waals surface area contributed by atoms with E-state index in [9.17, 15) is 4.79 Å². The number of hydrogen-bond acceptors (Lipinski definition) is 1. The number of alkyl halides is 2. The molecular weight excluding hydrogens is 436 g/mol. The van der Waals surface area contributed by atoms with Crippen LogP contribution in [0.25, 0.3) is 0 Å². The van der Waals surface area contributed by atoms with Crippen molar-refractivity contribution in [3.63, 3.8) is 0 Å². The fraction of sp³-hybridized carbons (Fsp3) is 0.133. The number of carbonyl (C=O) groups excluding carboxylic acids is 1. The molecule has 0 heterocycles. The van der Waals surface area contributed by atoms with Gasteiger partial charge in [-0.15, -0.1) is 0 Å². The molecule has 4 heteroatoms. The lowest BCUT2D eigenvalue weighted by atomic mass is 9.99. The van der Waals surface area contributed by atoms with Gasteiger partial charge in [0, 0.05) is 15.6 Å². The minimum Gasteiger partial charge on any atom is -0.289 e. The Balaban J connectivity index is 2.31. The highest BCUT2D eigenvalue weighted by molar-refractivity contribution is 9.12. The third-order valence-electron chi connectivity index (χ3n) is 3.32. The van der Waals surface area contributed by atoms with Gasteiger partial charge in [-0.2, -0.15) is 0 Å². The second-order valence-corrected chi connectivity index (χ2v) is 7.34. The summed E-state index contributed by atoms with van der Waals surface area (Å²) in [6.45, 7) is 0. The summed E-state index contributed by atoms with van der Waals surface area (Å²) in [5, 5.41) is 0. The lowest BCUT2D eigenvalue weighted by Gasteiger charge is -2.16.